The minimum absolute atomic E-state index is 0.182. The highest BCUT2D eigenvalue weighted by atomic mass is 15.4. The molecule has 4 fully saturated rings. The maximum atomic E-state index is 8.19. The fourth-order valence-electron chi connectivity index (χ4n) is 4.62. The van der Waals surface area contributed by atoms with Crippen LogP contribution in [0.15, 0.2) is 10.2 Å². The Hall–Kier alpha value is -0.400. The molecule has 0 radical (unpaired) electrons. The first-order valence-corrected chi connectivity index (χ1v) is 5.63. The van der Waals surface area contributed by atoms with Crippen molar-refractivity contribution >= 4 is 0 Å². The van der Waals surface area contributed by atoms with Crippen LogP contribution < -0.4 is 0 Å². The lowest BCUT2D eigenvalue weighted by Gasteiger charge is -2.55. The Morgan fingerprint density at radius 2 is 1.38 bits per heavy atom. The Balaban J connectivity index is 1.74. The molecule has 0 aromatic carbocycles. The van der Waals surface area contributed by atoms with Crippen LogP contribution in [0.3, 0.4) is 0 Å². The molecule has 4 saturated carbocycles. The van der Waals surface area contributed by atoms with Crippen molar-refractivity contribution in [1.29, 1.82) is 0 Å². The summed E-state index contributed by atoms with van der Waals surface area (Å²) in [4.78, 5) is 0. The summed E-state index contributed by atoms with van der Waals surface area (Å²) < 4.78 is 8.19. The van der Waals surface area contributed by atoms with Crippen LogP contribution in [0.2, 0.25) is 0 Å². The Kier molecular flexibility index (Phi) is 0.941. The summed E-state index contributed by atoms with van der Waals surface area (Å²) in [6.07, 6.45) is 7.36. The van der Waals surface area contributed by atoms with Crippen LogP contribution in [0.5, 0.6) is 0 Å². The molecule has 0 atom stereocenters. The maximum Gasteiger partial charge on any atom is 0.186 e. The van der Waals surface area contributed by atoms with E-state index >= 15 is 0 Å². The zero-order chi connectivity index (χ0) is 9.39. The van der Waals surface area contributed by atoms with Gasteiger partial charge in [-0.05, 0) is 56.3 Å². The van der Waals surface area contributed by atoms with E-state index in [0.717, 1.165) is 17.8 Å². The number of hydrogen-bond acceptors (Lipinski definition) is 2. The van der Waals surface area contributed by atoms with Crippen molar-refractivity contribution in [2.45, 2.75) is 44.7 Å². The number of nitrogens with zero attached hydrogens (tertiary/aromatic N) is 2. The van der Waals surface area contributed by atoms with Gasteiger partial charge in [0.15, 0.2) is 6.14 Å². The highest BCUT2D eigenvalue weighted by Gasteiger charge is 2.57. The van der Waals surface area contributed by atoms with E-state index in [0.29, 0.717) is 0 Å². The lowest BCUT2D eigenvalue weighted by molar-refractivity contribution is -0.0548. The second-order valence-corrected chi connectivity index (χ2v) is 5.72. The van der Waals surface area contributed by atoms with Gasteiger partial charge in [-0.1, -0.05) is 0 Å². The first kappa shape index (κ1) is 6.15. The van der Waals surface area contributed by atoms with Gasteiger partial charge in [-0.2, -0.15) is 10.2 Å². The summed E-state index contributed by atoms with van der Waals surface area (Å²) >= 11 is 0. The van der Waals surface area contributed by atoms with Gasteiger partial charge in [0, 0.05) is 5.41 Å². The standard InChI is InChI=1S/C11H16N2/c1-7-2-9-3-8(1)5-11(4-7,6-9)10-12-13-10/h7-10H,1-6H2/i10D. The van der Waals surface area contributed by atoms with Gasteiger partial charge in [-0.15, -0.1) is 0 Å². The number of hydrogen-bond donors (Lipinski definition) is 0. The monoisotopic (exact) mass is 177 g/mol. The SMILES string of the molecule is [2H]C1(C23CC4CC(CC(C4)C2)C3)N=N1. The summed E-state index contributed by atoms with van der Waals surface area (Å²) in [5, 5.41) is 8.03. The Bertz CT molecular complexity index is 282. The zero-order valence-electron chi connectivity index (χ0n) is 8.87. The lowest BCUT2D eigenvalue weighted by atomic mass is 9.49. The van der Waals surface area contributed by atoms with E-state index in [9.17, 15) is 0 Å². The van der Waals surface area contributed by atoms with E-state index in [1.807, 2.05) is 0 Å². The molecular formula is C11H16N2. The van der Waals surface area contributed by atoms with Crippen molar-refractivity contribution in [3.05, 3.63) is 0 Å². The second-order valence-electron chi connectivity index (χ2n) is 5.72. The average Bonchev–Trinajstić information content (AvgIpc) is 2.82. The van der Waals surface area contributed by atoms with Gasteiger partial charge in [-0.25, -0.2) is 0 Å². The third-order valence-corrected chi connectivity index (χ3v) is 4.71. The van der Waals surface area contributed by atoms with E-state index in [4.69, 9.17) is 1.37 Å². The molecule has 70 valence electrons. The van der Waals surface area contributed by atoms with Gasteiger partial charge in [-0.3, -0.25) is 0 Å². The molecule has 0 aromatic heterocycles. The minimum Gasteiger partial charge on any atom is -0.162 e. The fraction of sp³-hybridized carbons (Fsp3) is 1.00. The second kappa shape index (κ2) is 1.99. The molecule has 13 heavy (non-hydrogen) atoms. The molecular weight excluding hydrogens is 160 g/mol. The molecule has 4 bridgehead atoms. The summed E-state index contributed by atoms with van der Waals surface area (Å²) in [5.41, 5.74) is 0.182. The predicted molar refractivity (Wildman–Crippen MR) is 49.2 cm³/mol. The van der Waals surface area contributed by atoms with Crippen LogP contribution in [-0.2, 0) is 0 Å². The normalized spacial score (nSPS) is 60.9. The molecule has 2 nitrogen and oxygen atoms in total. The summed E-state index contributed by atoms with van der Waals surface area (Å²) in [7, 11) is 0. The Labute approximate surface area is 80.2 Å². The smallest absolute Gasteiger partial charge is 0.162 e. The van der Waals surface area contributed by atoms with E-state index in [1.54, 1.807) is 0 Å². The van der Waals surface area contributed by atoms with Gasteiger partial charge in [0.25, 0.3) is 0 Å². The van der Waals surface area contributed by atoms with Crippen LogP contribution in [0.4, 0.5) is 0 Å². The van der Waals surface area contributed by atoms with Crippen LogP contribution >= 0.6 is 0 Å². The lowest BCUT2D eigenvalue weighted by Crippen LogP contribution is -2.48. The molecule has 4 aliphatic carbocycles. The molecule has 0 saturated heterocycles. The molecule has 0 unspecified atom stereocenters. The topological polar surface area (TPSA) is 24.7 Å². The van der Waals surface area contributed by atoms with Crippen molar-refractivity contribution in [2.24, 2.45) is 33.4 Å². The summed E-state index contributed by atoms with van der Waals surface area (Å²) in [6, 6.07) is 0. The minimum atomic E-state index is -0.691. The first-order chi connectivity index (χ1) is 6.69. The quantitative estimate of drug-likeness (QED) is 0.588. The van der Waals surface area contributed by atoms with Crippen LogP contribution in [0.25, 0.3) is 0 Å². The summed E-state index contributed by atoms with van der Waals surface area (Å²) in [6.45, 7) is 0. The van der Waals surface area contributed by atoms with Crippen molar-refractivity contribution < 1.29 is 1.37 Å². The largest absolute Gasteiger partial charge is 0.186 e. The Morgan fingerprint density at radius 3 is 1.77 bits per heavy atom. The zero-order valence-corrected chi connectivity index (χ0v) is 7.87. The molecule has 0 N–H and O–H groups in total. The van der Waals surface area contributed by atoms with Crippen LogP contribution in [-0.4, -0.2) is 6.14 Å². The van der Waals surface area contributed by atoms with Crippen molar-refractivity contribution in [1.82, 2.24) is 0 Å². The van der Waals surface area contributed by atoms with Crippen molar-refractivity contribution in [3.63, 3.8) is 0 Å². The number of rotatable bonds is 1. The van der Waals surface area contributed by atoms with Crippen LogP contribution in [0.1, 0.15) is 39.9 Å². The molecule has 0 spiro atoms. The fourth-order valence-corrected chi connectivity index (χ4v) is 4.62. The van der Waals surface area contributed by atoms with Gasteiger partial charge in [0.2, 0.25) is 0 Å². The molecule has 0 aromatic rings. The molecule has 1 aliphatic heterocycles. The van der Waals surface area contributed by atoms with E-state index in [1.165, 1.54) is 38.5 Å². The van der Waals surface area contributed by atoms with Crippen molar-refractivity contribution in [2.75, 3.05) is 0 Å². The van der Waals surface area contributed by atoms with Crippen molar-refractivity contribution in [3.8, 4) is 0 Å². The van der Waals surface area contributed by atoms with Crippen LogP contribution in [0, 0.1) is 23.2 Å². The van der Waals surface area contributed by atoms with Gasteiger partial charge >= 0.3 is 0 Å². The highest BCUT2D eigenvalue weighted by molar-refractivity contribution is 5.07. The molecule has 1 heterocycles. The van der Waals surface area contributed by atoms with Gasteiger partial charge < -0.3 is 0 Å². The first-order valence-electron chi connectivity index (χ1n) is 6.13. The van der Waals surface area contributed by atoms with E-state index in [2.05, 4.69) is 10.2 Å². The summed E-state index contributed by atoms with van der Waals surface area (Å²) in [5.74, 6) is 2.73. The molecule has 2 heteroatoms. The van der Waals surface area contributed by atoms with E-state index in [-0.39, 0.29) is 5.41 Å². The predicted octanol–water partition coefficient (Wildman–Crippen LogP) is 2.99. The molecule has 0 amide bonds. The third-order valence-electron chi connectivity index (χ3n) is 4.71. The maximum absolute atomic E-state index is 8.19. The Morgan fingerprint density at radius 1 is 0.923 bits per heavy atom. The third kappa shape index (κ3) is 0.844. The van der Waals surface area contributed by atoms with Gasteiger partial charge in [0.05, 0.1) is 1.37 Å². The van der Waals surface area contributed by atoms with E-state index < -0.39 is 6.14 Å². The van der Waals surface area contributed by atoms with Gasteiger partial charge in [0.1, 0.15) is 0 Å². The highest BCUT2D eigenvalue weighted by Crippen LogP contribution is 2.63. The molecule has 5 rings (SSSR count). The molecule has 5 aliphatic rings. The average molecular weight is 177 g/mol.